The first-order valence-corrected chi connectivity index (χ1v) is 6.68. The van der Waals surface area contributed by atoms with Crippen molar-refractivity contribution < 1.29 is 9.53 Å². The Hall–Kier alpha value is -0.570. The summed E-state index contributed by atoms with van der Waals surface area (Å²) in [5.74, 6) is 0.551. The number of piperidine rings is 1. The summed E-state index contributed by atoms with van der Waals surface area (Å²) < 4.78 is 5.24. The van der Waals surface area contributed by atoms with E-state index in [-0.39, 0.29) is 36.4 Å². The molecule has 6 nitrogen and oxygen atoms in total. The minimum atomic E-state index is 0. The van der Waals surface area contributed by atoms with Gasteiger partial charge in [0.25, 0.3) is 0 Å². The quantitative estimate of drug-likeness (QED) is 0.423. The summed E-state index contributed by atoms with van der Waals surface area (Å²) in [6, 6.07) is 0. The smallest absolute Gasteiger partial charge is 0.244 e. The molecule has 1 amide bonds. The summed E-state index contributed by atoms with van der Waals surface area (Å²) in [6.45, 7) is 4.77. The molecular weight excluding hydrogens is 359 g/mol. The number of likely N-dealkylation sites (tertiary alicyclic amines) is 1. The zero-order valence-corrected chi connectivity index (χ0v) is 13.5. The van der Waals surface area contributed by atoms with Crippen LogP contribution >= 0.6 is 24.0 Å². The fourth-order valence-electron chi connectivity index (χ4n) is 2.28. The monoisotopic (exact) mass is 382 g/mol. The van der Waals surface area contributed by atoms with Gasteiger partial charge in [-0.1, -0.05) is 0 Å². The first-order valence-electron chi connectivity index (χ1n) is 6.68. The van der Waals surface area contributed by atoms with E-state index in [1.165, 1.54) is 6.42 Å². The highest BCUT2D eigenvalue weighted by atomic mass is 127. The third-order valence-electron chi connectivity index (χ3n) is 3.42. The number of nitrogens with two attached hydrogens (primary N) is 1. The van der Waals surface area contributed by atoms with Crippen LogP contribution in [0.2, 0.25) is 0 Å². The summed E-state index contributed by atoms with van der Waals surface area (Å²) in [4.78, 5) is 20.0. The van der Waals surface area contributed by atoms with E-state index in [4.69, 9.17) is 10.5 Å². The molecule has 0 aromatic heterocycles. The molecule has 2 aliphatic rings. The molecule has 2 saturated heterocycles. The number of morpholine rings is 1. The van der Waals surface area contributed by atoms with E-state index in [1.807, 2.05) is 9.80 Å². The van der Waals surface area contributed by atoms with E-state index >= 15 is 0 Å². The van der Waals surface area contributed by atoms with Crippen molar-refractivity contribution >= 4 is 35.8 Å². The molecule has 2 heterocycles. The van der Waals surface area contributed by atoms with Gasteiger partial charge in [0, 0.05) is 26.2 Å². The topological polar surface area (TPSA) is 71.2 Å². The van der Waals surface area contributed by atoms with Gasteiger partial charge in [-0.25, -0.2) is 4.99 Å². The molecule has 110 valence electrons. The van der Waals surface area contributed by atoms with E-state index in [2.05, 4.69) is 4.99 Å². The van der Waals surface area contributed by atoms with Crippen LogP contribution in [-0.2, 0) is 9.53 Å². The van der Waals surface area contributed by atoms with Crippen LogP contribution < -0.4 is 5.73 Å². The number of carbonyl (C=O) groups is 1. The SMILES string of the molecule is I.NC(=NCC(=O)N1CCCCC1)N1CCOCC1. The first-order chi connectivity index (χ1) is 8.77. The highest BCUT2D eigenvalue weighted by Crippen LogP contribution is 2.08. The molecule has 0 unspecified atom stereocenters. The largest absolute Gasteiger partial charge is 0.378 e. The highest BCUT2D eigenvalue weighted by molar-refractivity contribution is 14.0. The maximum atomic E-state index is 11.9. The summed E-state index contributed by atoms with van der Waals surface area (Å²) in [5, 5.41) is 0. The lowest BCUT2D eigenvalue weighted by Crippen LogP contribution is -2.45. The van der Waals surface area contributed by atoms with Crippen molar-refractivity contribution in [3.63, 3.8) is 0 Å². The number of hydrogen-bond donors (Lipinski definition) is 1. The van der Waals surface area contributed by atoms with Gasteiger partial charge in [0.15, 0.2) is 5.96 Å². The highest BCUT2D eigenvalue weighted by Gasteiger charge is 2.17. The third-order valence-corrected chi connectivity index (χ3v) is 3.42. The van der Waals surface area contributed by atoms with Gasteiger partial charge in [0.1, 0.15) is 6.54 Å². The number of guanidine groups is 1. The van der Waals surface area contributed by atoms with Crippen LogP contribution in [0.1, 0.15) is 19.3 Å². The molecule has 7 heteroatoms. The average molecular weight is 382 g/mol. The van der Waals surface area contributed by atoms with Crippen molar-refractivity contribution in [1.82, 2.24) is 9.80 Å². The Morgan fingerprint density at radius 2 is 1.68 bits per heavy atom. The molecule has 2 N–H and O–H groups in total. The van der Waals surface area contributed by atoms with Crippen molar-refractivity contribution in [2.75, 3.05) is 45.9 Å². The third kappa shape index (κ3) is 5.13. The standard InChI is InChI=1S/C12H22N4O2.HI/c13-12(16-6-8-18-9-7-16)14-10-11(17)15-4-2-1-3-5-15;/h1-10H2,(H2,13,14);1H. The van der Waals surface area contributed by atoms with Gasteiger partial charge in [-0.2, -0.15) is 0 Å². The zero-order valence-electron chi connectivity index (χ0n) is 11.2. The lowest BCUT2D eigenvalue weighted by molar-refractivity contribution is -0.130. The molecule has 0 atom stereocenters. The predicted molar refractivity (Wildman–Crippen MR) is 84.7 cm³/mol. The molecule has 0 saturated carbocycles. The van der Waals surface area contributed by atoms with Gasteiger partial charge in [0.05, 0.1) is 13.2 Å². The van der Waals surface area contributed by atoms with Crippen LogP contribution in [0, 0.1) is 0 Å². The molecule has 0 bridgehead atoms. The number of ether oxygens (including phenoxy) is 1. The summed E-state index contributed by atoms with van der Waals surface area (Å²) in [7, 11) is 0. The van der Waals surface area contributed by atoms with Gasteiger partial charge in [-0.3, -0.25) is 4.79 Å². The normalized spacial score (nSPS) is 20.9. The van der Waals surface area contributed by atoms with Crippen molar-refractivity contribution in [1.29, 1.82) is 0 Å². The zero-order chi connectivity index (χ0) is 12.8. The summed E-state index contributed by atoms with van der Waals surface area (Å²) in [5.41, 5.74) is 5.88. The molecular formula is C12H23IN4O2. The Bertz CT molecular complexity index is 313. The van der Waals surface area contributed by atoms with Crippen LogP contribution in [0.25, 0.3) is 0 Å². The maximum Gasteiger partial charge on any atom is 0.244 e. The molecule has 0 radical (unpaired) electrons. The van der Waals surface area contributed by atoms with Crippen molar-refractivity contribution in [2.45, 2.75) is 19.3 Å². The molecule has 0 aliphatic carbocycles. The van der Waals surface area contributed by atoms with Crippen molar-refractivity contribution in [3.8, 4) is 0 Å². The maximum absolute atomic E-state index is 11.9. The summed E-state index contributed by atoms with van der Waals surface area (Å²) in [6.07, 6.45) is 3.44. The van der Waals surface area contributed by atoms with Crippen LogP contribution in [0.5, 0.6) is 0 Å². The van der Waals surface area contributed by atoms with Gasteiger partial charge in [-0.05, 0) is 19.3 Å². The molecule has 2 rings (SSSR count). The molecule has 0 spiro atoms. The number of amides is 1. The second-order valence-electron chi connectivity index (χ2n) is 4.72. The van der Waals surface area contributed by atoms with E-state index < -0.39 is 0 Å². The molecule has 0 aromatic carbocycles. The first kappa shape index (κ1) is 16.5. The number of carbonyl (C=O) groups excluding carboxylic acids is 1. The van der Waals surface area contributed by atoms with E-state index in [9.17, 15) is 4.79 Å². The van der Waals surface area contributed by atoms with Crippen LogP contribution in [0.3, 0.4) is 0 Å². The molecule has 2 aliphatic heterocycles. The van der Waals surface area contributed by atoms with Crippen LogP contribution in [-0.4, -0.2) is 67.6 Å². The Labute approximate surface area is 131 Å². The lowest BCUT2D eigenvalue weighted by Gasteiger charge is -2.28. The van der Waals surface area contributed by atoms with E-state index in [0.717, 1.165) is 39.0 Å². The second-order valence-corrected chi connectivity index (χ2v) is 4.72. The minimum Gasteiger partial charge on any atom is -0.378 e. The van der Waals surface area contributed by atoms with Crippen molar-refractivity contribution in [3.05, 3.63) is 0 Å². The molecule has 0 aromatic rings. The number of rotatable bonds is 2. The fraction of sp³-hybridized carbons (Fsp3) is 0.833. The van der Waals surface area contributed by atoms with Crippen LogP contribution in [0.15, 0.2) is 4.99 Å². The fourth-order valence-corrected chi connectivity index (χ4v) is 2.28. The Balaban J connectivity index is 0.00000180. The molecule has 19 heavy (non-hydrogen) atoms. The van der Waals surface area contributed by atoms with Gasteiger partial charge in [0.2, 0.25) is 5.91 Å². The van der Waals surface area contributed by atoms with Gasteiger partial charge in [-0.15, -0.1) is 24.0 Å². The Morgan fingerprint density at radius 1 is 1.05 bits per heavy atom. The Morgan fingerprint density at radius 3 is 2.32 bits per heavy atom. The van der Waals surface area contributed by atoms with Gasteiger partial charge < -0.3 is 20.3 Å². The number of hydrogen-bond acceptors (Lipinski definition) is 3. The predicted octanol–water partition coefficient (Wildman–Crippen LogP) is 0.264. The lowest BCUT2D eigenvalue weighted by atomic mass is 10.1. The minimum absolute atomic E-state index is 0. The number of halogens is 1. The number of aliphatic imine (C=N–C) groups is 1. The summed E-state index contributed by atoms with van der Waals surface area (Å²) >= 11 is 0. The van der Waals surface area contributed by atoms with Gasteiger partial charge >= 0.3 is 0 Å². The number of nitrogens with zero attached hydrogens (tertiary/aromatic N) is 3. The molecule has 2 fully saturated rings. The van der Waals surface area contributed by atoms with Crippen LogP contribution in [0.4, 0.5) is 0 Å². The van der Waals surface area contributed by atoms with E-state index in [1.54, 1.807) is 0 Å². The second kappa shape index (κ2) is 8.57. The Kier molecular flexibility index (Phi) is 7.44. The van der Waals surface area contributed by atoms with E-state index in [0.29, 0.717) is 19.2 Å². The average Bonchev–Trinajstić information content (AvgIpc) is 2.46. The van der Waals surface area contributed by atoms with Crippen molar-refractivity contribution in [2.24, 2.45) is 10.7 Å².